The van der Waals surface area contributed by atoms with Gasteiger partial charge in [-0.05, 0) is 33.9 Å². The minimum Gasteiger partial charge on any atom is -0.244 e. The highest BCUT2D eigenvalue weighted by molar-refractivity contribution is 6.30. The number of pyridine rings is 1. The summed E-state index contributed by atoms with van der Waals surface area (Å²) < 4.78 is 0. The summed E-state index contributed by atoms with van der Waals surface area (Å²) >= 11 is 6.78. The number of benzene rings is 4. The predicted octanol–water partition coefficient (Wildman–Crippen LogP) is 8.10. The second-order valence-corrected chi connectivity index (χ2v) is 8.52. The highest BCUT2D eigenvalue weighted by Gasteiger charge is 2.24. The van der Waals surface area contributed by atoms with Crippen LogP contribution in [0.5, 0.6) is 0 Å². The van der Waals surface area contributed by atoms with E-state index in [2.05, 4.69) is 120 Å². The van der Waals surface area contributed by atoms with Gasteiger partial charge >= 0.3 is 0 Å². The number of halogens is 1. The molecule has 0 bridgehead atoms. The molecule has 0 spiro atoms. The molecule has 0 amide bonds. The van der Waals surface area contributed by atoms with E-state index in [0.29, 0.717) is 5.15 Å². The summed E-state index contributed by atoms with van der Waals surface area (Å²) in [4.78, 5) is 4.69. The molecule has 5 rings (SSSR count). The number of nitrogens with zero attached hydrogens (tertiary/aromatic N) is 1. The van der Waals surface area contributed by atoms with Crippen molar-refractivity contribution in [1.29, 1.82) is 0 Å². The van der Waals surface area contributed by atoms with Crippen LogP contribution in [0.2, 0.25) is 5.15 Å². The molecule has 0 aliphatic rings. The van der Waals surface area contributed by atoms with Crippen LogP contribution in [-0.4, -0.2) is 4.98 Å². The van der Waals surface area contributed by atoms with Gasteiger partial charge in [0.05, 0.1) is 0 Å². The Bertz CT molecular complexity index is 1220. The van der Waals surface area contributed by atoms with E-state index in [-0.39, 0.29) is 11.8 Å². The van der Waals surface area contributed by atoms with Gasteiger partial charge in [-0.25, -0.2) is 4.98 Å². The number of rotatable bonds is 6. The molecule has 4 aromatic carbocycles. The molecular formula is C31H24ClN. The van der Waals surface area contributed by atoms with Crippen molar-refractivity contribution in [2.75, 3.05) is 0 Å². The average molecular weight is 446 g/mol. The average Bonchev–Trinajstić information content (AvgIpc) is 2.89. The molecule has 1 nitrogen and oxygen atoms in total. The number of aromatic nitrogens is 1. The fraction of sp³-hybridized carbons (Fsp3) is 0.0645. The lowest BCUT2D eigenvalue weighted by molar-refractivity contribution is 0.919. The monoisotopic (exact) mass is 445 g/mol. The molecule has 0 aliphatic heterocycles. The first-order valence-electron chi connectivity index (χ1n) is 11.2. The van der Waals surface area contributed by atoms with Gasteiger partial charge in [-0.2, -0.15) is 0 Å². The van der Waals surface area contributed by atoms with Gasteiger partial charge in [0, 0.05) is 23.6 Å². The Hall–Kier alpha value is -3.68. The molecule has 0 aliphatic carbocycles. The Balaban J connectivity index is 1.69. The van der Waals surface area contributed by atoms with Gasteiger partial charge in [-0.3, -0.25) is 0 Å². The molecule has 160 valence electrons. The lowest BCUT2D eigenvalue weighted by atomic mass is 9.82. The molecule has 0 unspecified atom stereocenters. The van der Waals surface area contributed by atoms with Crippen LogP contribution < -0.4 is 0 Å². The maximum Gasteiger partial charge on any atom is 0.133 e. The zero-order valence-corrected chi connectivity index (χ0v) is 18.9. The fourth-order valence-electron chi connectivity index (χ4n) is 4.55. The summed E-state index contributed by atoms with van der Waals surface area (Å²) in [5.74, 6) is 0.0719. The van der Waals surface area contributed by atoms with Gasteiger partial charge in [0.15, 0.2) is 0 Å². The first-order valence-corrected chi connectivity index (χ1v) is 11.5. The van der Waals surface area contributed by atoms with Crippen molar-refractivity contribution in [3.05, 3.63) is 172 Å². The van der Waals surface area contributed by atoms with E-state index < -0.39 is 0 Å². The SMILES string of the molecule is Clc1ncc(C(c2ccccc2)c2ccccc2)cc1C(c1ccccc1)c1ccccc1. The summed E-state index contributed by atoms with van der Waals surface area (Å²) in [7, 11) is 0. The largest absolute Gasteiger partial charge is 0.244 e. The minimum atomic E-state index is -0.000420. The molecule has 0 saturated carbocycles. The van der Waals surface area contributed by atoms with E-state index in [1.54, 1.807) is 0 Å². The fourth-order valence-corrected chi connectivity index (χ4v) is 4.77. The van der Waals surface area contributed by atoms with Crippen molar-refractivity contribution >= 4 is 11.6 Å². The summed E-state index contributed by atoms with van der Waals surface area (Å²) in [5.41, 5.74) is 7.00. The molecule has 0 atom stereocenters. The Labute approximate surface area is 200 Å². The third kappa shape index (κ3) is 4.60. The Morgan fingerprint density at radius 2 is 0.818 bits per heavy atom. The van der Waals surface area contributed by atoms with E-state index in [4.69, 9.17) is 11.6 Å². The van der Waals surface area contributed by atoms with Crippen LogP contribution >= 0.6 is 11.6 Å². The molecule has 5 aromatic rings. The summed E-state index contributed by atoms with van der Waals surface area (Å²) in [5, 5.41) is 0.538. The first kappa shape index (κ1) is 21.2. The normalized spacial score (nSPS) is 11.1. The molecule has 0 fully saturated rings. The molecule has 0 N–H and O–H groups in total. The highest BCUT2D eigenvalue weighted by atomic mass is 35.5. The van der Waals surface area contributed by atoms with Crippen LogP contribution in [0.25, 0.3) is 0 Å². The molecule has 2 heteroatoms. The number of hydrogen-bond acceptors (Lipinski definition) is 1. The topological polar surface area (TPSA) is 12.9 Å². The third-order valence-electron chi connectivity index (χ3n) is 6.06. The summed E-state index contributed by atoms with van der Waals surface area (Å²) in [6, 6.07) is 44.5. The van der Waals surface area contributed by atoms with Crippen LogP contribution in [0.1, 0.15) is 45.2 Å². The molecule has 0 saturated heterocycles. The van der Waals surface area contributed by atoms with Gasteiger partial charge in [0.1, 0.15) is 5.15 Å². The number of hydrogen-bond donors (Lipinski definition) is 0. The van der Waals surface area contributed by atoms with Gasteiger partial charge in [-0.15, -0.1) is 0 Å². The van der Waals surface area contributed by atoms with E-state index in [1.807, 2.05) is 18.3 Å². The summed E-state index contributed by atoms with van der Waals surface area (Å²) in [6.07, 6.45) is 1.92. The zero-order chi connectivity index (χ0) is 22.5. The third-order valence-corrected chi connectivity index (χ3v) is 6.38. The van der Waals surface area contributed by atoms with Gasteiger partial charge in [0.2, 0.25) is 0 Å². The molecule has 1 aromatic heterocycles. The standard InChI is InChI=1S/C31H24ClN/c32-31-28(30(25-17-9-3-10-18-25)26-19-11-4-12-20-26)21-27(22-33-31)29(23-13-5-1-6-14-23)24-15-7-2-8-16-24/h1-22,29-30H. The van der Waals surface area contributed by atoms with Crippen molar-refractivity contribution in [2.24, 2.45) is 0 Å². The lowest BCUT2D eigenvalue weighted by Gasteiger charge is -2.23. The smallest absolute Gasteiger partial charge is 0.133 e. The van der Waals surface area contributed by atoms with Gasteiger partial charge < -0.3 is 0 Å². The Morgan fingerprint density at radius 3 is 1.21 bits per heavy atom. The van der Waals surface area contributed by atoms with E-state index in [1.165, 1.54) is 22.3 Å². The predicted molar refractivity (Wildman–Crippen MR) is 137 cm³/mol. The van der Waals surface area contributed by atoms with Crippen LogP contribution in [0.15, 0.2) is 134 Å². The van der Waals surface area contributed by atoms with Crippen molar-refractivity contribution < 1.29 is 0 Å². The van der Waals surface area contributed by atoms with Gasteiger partial charge in [0.25, 0.3) is 0 Å². The highest BCUT2D eigenvalue weighted by Crippen LogP contribution is 2.39. The van der Waals surface area contributed by atoms with Crippen molar-refractivity contribution in [3.63, 3.8) is 0 Å². The summed E-state index contributed by atoms with van der Waals surface area (Å²) in [6.45, 7) is 0. The van der Waals surface area contributed by atoms with Crippen molar-refractivity contribution in [1.82, 2.24) is 4.98 Å². The zero-order valence-electron chi connectivity index (χ0n) is 18.2. The lowest BCUT2D eigenvalue weighted by Crippen LogP contribution is -2.09. The van der Waals surface area contributed by atoms with Crippen LogP contribution in [0.4, 0.5) is 0 Å². The Morgan fingerprint density at radius 1 is 0.455 bits per heavy atom. The Kier molecular flexibility index (Phi) is 6.32. The van der Waals surface area contributed by atoms with Crippen LogP contribution in [0, 0.1) is 0 Å². The van der Waals surface area contributed by atoms with E-state index in [0.717, 1.165) is 11.1 Å². The van der Waals surface area contributed by atoms with E-state index >= 15 is 0 Å². The molecule has 0 radical (unpaired) electrons. The quantitative estimate of drug-likeness (QED) is 0.240. The van der Waals surface area contributed by atoms with E-state index in [9.17, 15) is 0 Å². The van der Waals surface area contributed by atoms with Crippen LogP contribution in [-0.2, 0) is 0 Å². The van der Waals surface area contributed by atoms with Crippen LogP contribution in [0.3, 0.4) is 0 Å². The van der Waals surface area contributed by atoms with Crippen molar-refractivity contribution in [2.45, 2.75) is 11.8 Å². The van der Waals surface area contributed by atoms with Gasteiger partial charge in [-0.1, -0.05) is 133 Å². The molecule has 1 heterocycles. The second kappa shape index (κ2) is 9.85. The minimum absolute atomic E-state index is 0.000420. The maximum absolute atomic E-state index is 6.78. The molecular weight excluding hydrogens is 422 g/mol. The van der Waals surface area contributed by atoms with Crippen molar-refractivity contribution in [3.8, 4) is 0 Å². The second-order valence-electron chi connectivity index (χ2n) is 8.16. The molecule has 33 heavy (non-hydrogen) atoms. The maximum atomic E-state index is 6.78. The first-order chi connectivity index (χ1) is 16.3.